The maximum absolute atomic E-state index is 11.8. The average Bonchev–Trinajstić information content (AvgIpc) is 2.83. The second kappa shape index (κ2) is 5.91. The molecule has 1 aliphatic carbocycles. The first-order valence-electron chi connectivity index (χ1n) is 6.65. The Bertz CT molecular complexity index is 466. The molecule has 1 amide bonds. The summed E-state index contributed by atoms with van der Waals surface area (Å²) in [5, 5.41) is 11.9. The number of rotatable bonds is 4. The highest BCUT2D eigenvalue weighted by atomic mass is 16.4. The number of hydrogen-bond donors (Lipinski definition) is 2. The van der Waals surface area contributed by atoms with Crippen molar-refractivity contribution in [3.8, 4) is 0 Å². The van der Waals surface area contributed by atoms with E-state index in [1.54, 1.807) is 19.1 Å². The van der Waals surface area contributed by atoms with E-state index in [4.69, 9.17) is 9.52 Å². The van der Waals surface area contributed by atoms with Crippen molar-refractivity contribution in [2.45, 2.75) is 32.6 Å². The van der Waals surface area contributed by atoms with Crippen LogP contribution in [0.15, 0.2) is 16.5 Å². The highest BCUT2D eigenvalue weighted by Gasteiger charge is 2.31. The number of aliphatic carboxylic acids is 1. The van der Waals surface area contributed by atoms with Crippen LogP contribution in [0.5, 0.6) is 0 Å². The second-order valence-corrected chi connectivity index (χ2v) is 5.11. The fourth-order valence-electron chi connectivity index (χ4n) is 2.64. The molecule has 2 unspecified atom stereocenters. The molecule has 0 saturated heterocycles. The molecule has 1 aliphatic rings. The molecule has 0 radical (unpaired) electrons. The van der Waals surface area contributed by atoms with Gasteiger partial charge in [0, 0.05) is 6.54 Å². The zero-order chi connectivity index (χ0) is 13.8. The lowest BCUT2D eigenvalue weighted by Crippen LogP contribution is -2.37. The monoisotopic (exact) mass is 265 g/mol. The molecule has 2 N–H and O–H groups in total. The molecule has 104 valence electrons. The molecule has 0 aromatic carbocycles. The number of carbonyl (C=O) groups is 2. The molecule has 0 aliphatic heterocycles. The van der Waals surface area contributed by atoms with Crippen LogP contribution in [0.3, 0.4) is 0 Å². The Morgan fingerprint density at radius 2 is 2.11 bits per heavy atom. The topological polar surface area (TPSA) is 79.5 Å². The minimum Gasteiger partial charge on any atom is -0.481 e. The van der Waals surface area contributed by atoms with E-state index in [9.17, 15) is 9.59 Å². The van der Waals surface area contributed by atoms with Crippen molar-refractivity contribution in [3.05, 3.63) is 23.7 Å². The third kappa shape index (κ3) is 3.36. The number of carbonyl (C=O) groups excluding carboxylic acids is 1. The molecule has 19 heavy (non-hydrogen) atoms. The molecule has 0 spiro atoms. The number of aryl methyl sites for hydroxylation is 1. The number of nitrogens with one attached hydrogen (secondary N) is 1. The minimum atomic E-state index is -0.757. The summed E-state index contributed by atoms with van der Waals surface area (Å²) >= 11 is 0. The molecule has 2 rings (SSSR count). The Morgan fingerprint density at radius 1 is 1.37 bits per heavy atom. The average molecular weight is 265 g/mol. The Labute approximate surface area is 112 Å². The number of carboxylic acids is 1. The van der Waals surface area contributed by atoms with E-state index in [0.29, 0.717) is 18.7 Å². The Balaban J connectivity index is 1.90. The maximum atomic E-state index is 11.8. The van der Waals surface area contributed by atoms with Crippen molar-refractivity contribution in [1.29, 1.82) is 0 Å². The standard InChI is InChI=1S/C14H19NO4/c1-9-6-7-12(19-9)13(16)15-8-10-4-2-3-5-11(10)14(17)18/h6-7,10-11H,2-5,8H2,1H3,(H,15,16)(H,17,18). The highest BCUT2D eigenvalue weighted by molar-refractivity contribution is 5.91. The Kier molecular flexibility index (Phi) is 4.24. The van der Waals surface area contributed by atoms with Gasteiger partial charge in [-0.05, 0) is 37.8 Å². The molecular weight excluding hydrogens is 246 g/mol. The predicted molar refractivity (Wildman–Crippen MR) is 68.9 cm³/mol. The quantitative estimate of drug-likeness (QED) is 0.874. The Morgan fingerprint density at radius 3 is 2.74 bits per heavy atom. The van der Waals surface area contributed by atoms with Gasteiger partial charge in [0.1, 0.15) is 5.76 Å². The lowest BCUT2D eigenvalue weighted by atomic mass is 9.79. The third-order valence-electron chi connectivity index (χ3n) is 3.72. The number of amides is 1. The van der Waals surface area contributed by atoms with E-state index in [-0.39, 0.29) is 23.5 Å². The number of carboxylic acid groups (broad SMARTS) is 1. The van der Waals surface area contributed by atoms with Crippen LogP contribution in [0.4, 0.5) is 0 Å². The summed E-state index contributed by atoms with van der Waals surface area (Å²) in [4.78, 5) is 23.0. The van der Waals surface area contributed by atoms with Crippen LogP contribution < -0.4 is 5.32 Å². The van der Waals surface area contributed by atoms with Crippen molar-refractivity contribution < 1.29 is 19.1 Å². The van der Waals surface area contributed by atoms with Gasteiger partial charge in [0.05, 0.1) is 5.92 Å². The van der Waals surface area contributed by atoms with Crippen LogP contribution >= 0.6 is 0 Å². The SMILES string of the molecule is Cc1ccc(C(=O)NCC2CCCCC2C(=O)O)o1. The van der Waals surface area contributed by atoms with Gasteiger partial charge in [-0.25, -0.2) is 0 Å². The van der Waals surface area contributed by atoms with Crippen LogP contribution in [0, 0.1) is 18.8 Å². The minimum absolute atomic E-state index is 0.0197. The van der Waals surface area contributed by atoms with Crippen LogP contribution in [0.1, 0.15) is 42.0 Å². The summed E-state index contributed by atoms with van der Waals surface area (Å²) in [5.74, 6) is -0.388. The van der Waals surface area contributed by atoms with Gasteiger partial charge >= 0.3 is 5.97 Å². The molecule has 1 heterocycles. The van der Waals surface area contributed by atoms with Crippen LogP contribution in [-0.2, 0) is 4.79 Å². The summed E-state index contributed by atoms with van der Waals surface area (Å²) in [5.41, 5.74) is 0. The normalized spacial score (nSPS) is 23.0. The van der Waals surface area contributed by atoms with Gasteiger partial charge in [0.25, 0.3) is 5.91 Å². The first-order valence-corrected chi connectivity index (χ1v) is 6.65. The van der Waals surface area contributed by atoms with Crippen molar-refractivity contribution in [2.75, 3.05) is 6.54 Å². The largest absolute Gasteiger partial charge is 0.481 e. The van der Waals surface area contributed by atoms with Crippen LogP contribution in [0.2, 0.25) is 0 Å². The zero-order valence-corrected chi connectivity index (χ0v) is 11.0. The fourth-order valence-corrected chi connectivity index (χ4v) is 2.64. The lowest BCUT2D eigenvalue weighted by molar-refractivity contribution is -0.144. The van der Waals surface area contributed by atoms with Gasteiger partial charge in [-0.1, -0.05) is 12.8 Å². The third-order valence-corrected chi connectivity index (χ3v) is 3.72. The molecule has 0 bridgehead atoms. The van der Waals surface area contributed by atoms with Gasteiger partial charge in [0.2, 0.25) is 0 Å². The van der Waals surface area contributed by atoms with Crippen LogP contribution in [-0.4, -0.2) is 23.5 Å². The van der Waals surface area contributed by atoms with Crippen LogP contribution in [0.25, 0.3) is 0 Å². The molecule has 1 saturated carbocycles. The van der Waals surface area contributed by atoms with Gasteiger partial charge < -0.3 is 14.8 Å². The molecule has 1 aromatic heterocycles. The van der Waals surface area contributed by atoms with Gasteiger partial charge in [-0.15, -0.1) is 0 Å². The van der Waals surface area contributed by atoms with Crippen molar-refractivity contribution >= 4 is 11.9 Å². The first-order chi connectivity index (χ1) is 9.08. The first kappa shape index (κ1) is 13.6. The smallest absolute Gasteiger partial charge is 0.306 e. The van der Waals surface area contributed by atoms with E-state index in [2.05, 4.69) is 5.32 Å². The van der Waals surface area contributed by atoms with E-state index < -0.39 is 5.97 Å². The molecule has 5 nitrogen and oxygen atoms in total. The molecule has 5 heteroatoms. The summed E-state index contributed by atoms with van der Waals surface area (Å²) in [6.07, 6.45) is 3.55. The predicted octanol–water partition coefficient (Wildman–Crippen LogP) is 2.21. The summed E-state index contributed by atoms with van der Waals surface area (Å²) in [7, 11) is 0. The Hall–Kier alpha value is -1.78. The van der Waals surface area contributed by atoms with E-state index in [1.165, 1.54) is 0 Å². The van der Waals surface area contributed by atoms with E-state index in [1.807, 2.05) is 0 Å². The van der Waals surface area contributed by atoms with Gasteiger partial charge in [-0.3, -0.25) is 9.59 Å². The van der Waals surface area contributed by atoms with Crippen molar-refractivity contribution in [1.82, 2.24) is 5.32 Å². The van der Waals surface area contributed by atoms with Gasteiger partial charge in [0.15, 0.2) is 5.76 Å². The molecule has 1 aromatic rings. The van der Waals surface area contributed by atoms with E-state index >= 15 is 0 Å². The fraction of sp³-hybridized carbons (Fsp3) is 0.571. The van der Waals surface area contributed by atoms with E-state index in [0.717, 1.165) is 19.3 Å². The number of furan rings is 1. The second-order valence-electron chi connectivity index (χ2n) is 5.11. The summed E-state index contributed by atoms with van der Waals surface area (Å²) in [6, 6.07) is 3.36. The highest BCUT2D eigenvalue weighted by Crippen LogP contribution is 2.29. The number of hydrogen-bond acceptors (Lipinski definition) is 3. The van der Waals surface area contributed by atoms with Crippen molar-refractivity contribution in [2.24, 2.45) is 11.8 Å². The maximum Gasteiger partial charge on any atom is 0.306 e. The molecule has 2 atom stereocenters. The summed E-state index contributed by atoms with van der Waals surface area (Å²) < 4.78 is 5.23. The molecule has 1 fully saturated rings. The van der Waals surface area contributed by atoms with Crippen molar-refractivity contribution in [3.63, 3.8) is 0 Å². The lowest BCUT2D eigenvalue weighted by Gasteiger charge is -2.28. The van der Waals surface area contributed by atoms with Gasteiger partial charge in [-0.2, -0.15) is 0 Å². The zero-order valence-electron chi connectivity index (χ0n) is 11.0. The summed E-state index contributed by atoms with van der Waals surface area (Å²) in [6.45, 7) is 2.17. The molecular formula is C14H19NO4.